The largest absolute Gasteiger partial charge is 0.461 e. The van der Waals surface area contributed by atoms with Crippen molar-refractivity contribution in [2.24, 2.45) is 0 Å². The number of methoxy groups -OCH3 is 1. The number of hydrogen-bond acceptors (Lipinski definition) is 2. The zero-order valence-corrected chi connectivity index (χ0v) is 29.8. The molecule has 1 aromatic heterocycles. The number of pyridine rings is 1. The van der Waals surface area contributed by atoms with Gasteiger partial charge in [-0.3, -0.25) is 0 Å². The van der Waals surface area contributed by atoms with Crippen LogP contribution in [-0.2, 0) is 11.3 Å². The summed E-state index contributed by atoms with van der Waals surface area (Å²) >= 11 is 0. The van der Waals surface area contributed by atoms with E-state index in [0.29, 0.717) is 12.2 Å². The van der Waals surface area contributed by atoms with E-state index in [1.54, 1.807) is 6.07 Å². The summed E-state index contributed by atoms with van der Waals surface area (Å²) in [5.41, 5.74) is -12.6. The zero-order valence-electron chi connectivity index (χ0n) is 29.8. The van der Waals surface area contributed by atoms with E-state index in [1.165, 1.54) is 7.11 Å². The molecular formula is C38H14BF20NO2. The molecule has 62 heavy (non-hydrogen) atoms. The van der Waals surface area contributed by atoms with Crippen molar-refractivity contribution in [3.63, 3.8) is 0 Å². The highest BCUT2D eigenvalue weighted by molar-refractivity contribution is 7.20. The molecule has 6 rings (SSSR count). The van der Waals surface area contributed by atoms with Crippen molar-refractivity contribution < 1.29 is 102 Å². The van der Waals surface area contributed by atoms with E-state index in [9.17, 15) is 57.5 Å². The minimum Gasteiger partial charge on any atom is -0.461 e. The molecule has 0 saturated carbocycles. The molecule has 0 aliphatic carbocycles. The Morgan fingerprint density at radius 1 is 0.403 bits per heavy atom. The average molecular weight is 907 g/mol. The summed E-state index contributed by atoms with van der Waals surface area (Å²) in [5.74, 6) is -71.7. The topological polar surface area (TPSA) is 30.2 Å². The van der Waals surface area contributed by atoms with Crippen molar-refractivity contribution in [3.8, 4) is 0 Å². The Bertz CT molecular complexity index is 2410. The van der Waals surface area contributed by atoms with Crippen molar-refractivity contribution in [1.82, 2.24) is 0 Å². The van der Waals surface area contributed by atoms with Gasteiger partial charge in [0.25, 0.3) is 5.69 Å². The highest BCUT2D eigenvalue weighted by atomic mass is 19.2. The summed E-state index contributed by atoms with van der Waals surface area (Å²) in [6, 6.07) is 15.5. The lowest BCUT2D eigenvalue weighted by atomic mass is 9.12. The summed E-state index contributed by atoms with van der Waals surface area (Å²) < 4.78 is 301. The van der Waals surface area contributed by atoms with Gasteiger partial charge in [0.1, 0.15) is 52.7 Å². The molecule has 0 radical (unpaired) electrons. The maximum Gasteiger partial charge on any atom is 0.403 e. The second-order valence-electron chi connectivity index (χ2n) is 12.5. The van der Waals surface area contributed by atoms with Crippen LogP contribution in [0.2, 0.25) is 0 Å². The molecule has 0 aliphatic heterocycles. The molecular weight excluding hydrogens is 893 g/mol. The normalized spacial score (nSPS) is 11.4. The van der Waals surface area contributed by atoms with Crippen LogP contribution in [0.25, 0.3) is 0 Å². The van der Waals surface area contributed by atoms with Gasteiger partial charge in [0, 0.05) is 17.7 Å². The third-order valence-corrected chi connectivity index (χ3v) is 9.24. The van der Waals surface area contributed by atoms with E-state index in [-0.39, 0.29) is 5.97 Å². The predicted octanol–water partition coefficient (Wildman–Crippen LogP) is 7.66. The van der Waals surface area contributed by atoms with Gasteiger partial charge in [-0.1, -0.05) is 30.3 Å². The first kappa shape index (κ1) is 46.5. The van der Waals surface area contributed by atoms with Crippen LogP contribution in [0.5, 0.6) is 0 Å². The molecule has 5 aromatic carbocycles. The van der Waals surface area contributed by atoms with E-state index in [1.807, 2.05) is 53.2 Å². The van der Waals surface area contributed by atoms with Gasteiger partial charge in [-0.15, -0.1) is 21.9 Å². The number of hydrogen-bond donors (Lipinski definition) is 0. The minimum atomic E-state index is -7.22. The summed E-state index contributed by atoms with van der Waals surface area (Å²) in [4.78, 5) is 11.6. The lowest BCUT2D eigenvalue weighted by Crippen LogP contribution is -2.81. The fourth-order valence-electron chi connectivity index (χ4n) is 6.56. The van der Waals surface area contributed by atoms with Crippen molar-refractivity contribution >= 4 is 34.0 Å². The van der Waals surface area contributed by atoms with Gasteiger partial charge in [-0.05, 0) is 6.07 Å². The van der Waals surface area contributed by atoms with Crippen molar-refractivity contribution in [1.29, 1.82) is 0 Å². The van der Waals surface area contributed by atoms with Crippen LogP contribution in [-0.4, -0.2) is 19.2 Å². The Balaban J connectivity index is 0.000000355. The third kappa shape index (κ3) is 7.23. The fourth-order valence-corrected chi connectivity index (χ4v) is 6.56. The van der Waals surface area contributed by atoms with Crippen LogP contribution >= 0.6 is 0 Å². The molecule has 6 aromatic rings. The van der Waals surface area contributed by atoms with Crippen LogP contribution in [0, 0.1) is 116 Å². The van der Waals surface area contributed by atoms with Crippen LogP contribution in [0.1, 0.15) is 16.1 Å². The zero-order chi connectivity index (χ0) is 46.4. The molecule has 0 unspecified atom stereocenters. The number of aromatic nitrogens is 1. The van der Waals surface area contributed by atoms with E-state index in [4.69, 9.17) is 4.74 Å². The van der Waals surface area contributed by atoms with E-state index < -0.39 is 144 Å². The monoisotopic (exact) mass is 907 g/mol. The molecule has 1 heterocycles. The van der Waals surface area contributed by atoms with Crippen molar-refractivity contribution in [2.45, 2.75) is 6.54 Å². The maximum atomic E-state index is 15.4. The molecule has 0 aliphatic rings. The van der Waals surface area contributed by atoms with Crippen LogP contribution in [0.15, 0.2) is 54.7 Å². The second kappa shape index (κ2) is 17.4. The lowest BCUT2D eigenvalue weighted by Gasteiger charge is -2.44. The first-order valence-electron chi connectivity index (χ1n) is 16.4. The van der Waals surface area contributed by atoms with Crippen LogP contribution in [0.3, 0.4) is 0 Å². The number of carbonyl (C=O) groups is 1. The Kier molecular flexibility index (Phi) is 13.0. The number of esters is 1. The lowest BCUT2D eigenvalue weighted by molar-refractivity contribution is -0.690. The van der Waals surface area contributed by atoms with Crippen molar-refractivity contribution in [3.05, 3.63) is 182 Å². The SMILES string of the molecule is COC(=O)c1cccc[n+]1Cc1ccccc1.Fc1c(F)c(F)c([B-](c2c(F)c(F)c(F)c(F)c2F)(c2c(F)c(F)c(F)c(F)c2F)c2c(F)c(F)c(F)c(F)c2F)c(F)c1F. The smallest absolute Gasteiger partial charge is 0.403 e. The van der Waals surface area contributed by atoms with Gasteiger partial charge in [0.15, 0.2) is 82.5 Å². The molecule has 0 spiro atoms. The molecule has 0 bridgehead atoms. The first-order chi connectivity index (χ1) is 29.0. The number of nitrogens with zero attached hydrogens (tertiary/aromatic N) is 1. The average Bonchev–Trinajstić information content (AvgIpc) is 3.26. The second-order valence-corrected chi connectivity index (χ2v) is 12.5. The van der Waals surface area contributed by atoms with Crippen LogP contribution < -0.4 is 26.4 Å². The highest BCUT2D eigenvalue weighted by Crippen LogP contribution is 2.30. The number of halogens is 20. The van der Waals surface area contributed by atoms with Gasteiger partial charge in [0.05, 0.1) is 7.11 Å². The van der Waals surface area contributed by atoms with Gasteiger partial charge in [0.2, 0.25) is 0 Å². The Morgan fingerprint density at radius 2 is 0.661 bits per heavy atom. The quantitative estimate of drug-likeness (QED) is 0.0412. The number of carbonyl (C=O) groups excluding carboxylic acids is 1. The third-order valence-electron chi connectivity index (χ3n) is 9.24. The number of benzene rings is 5. The fraction of sp³-hybridized carbons (Fsp3) is 0.0526. The number of ether oxygens (including phenoxy) is 1. The minimum absolute atomic E-state index is 0.318. The maximum absolute atomic E-state index is 15.4. The molecule has 0 atom stereocenters. The van der Waals surface area contributed by atoms with E-state index in [2.05, 4.69) is 0 Å². The summed E-state index contributed by atoms with van der Waals surface area (Å²) in [6.07, 6.45) is -5.34. The molecule has 0 amide bonds. The Labute approximate surface area is 331 Å². The Morgan fingerprint density at radius 3 is 0.935 bits per heavy atom. The molecule has 3 nitrogen and oxygen atoms in total. The van der Waals surface area contributed by atoms with Gasteiger partial charge >= 0.3 is 5.97 Å². The Hall–Kier alpha value is -6.62. The molecule has 24 heteroatoms. The van der Waals surface area contributed by atoms with Gasteiger partial charge in [-0.25, -0.2) is 92.6 Å². The standard InChI is InChI=1S/C24BF20.C14H14NO2/c26-5-1(6(27)14(35)21(42)13(5)34)25(2-7(28)15(36)22(43)16(37)8(2)29,3-9(30)17(38)23(44)18(39)10(3)31)4-11(32)19(40)24(45)20(41)12(4)33;1-17-14(16)13-9-5-6-10-15(13)11-12-7-3-2-4-8-12/h;2-10H,11H2,1H3/q-1;+1. The van der Waals surface area contributed by atoms with Gasteiger partial charge < -0.3 is 4.74 Å². The van der Waals surface area contributed by atoms with Gasteiger partial charge in [-0.2, -0.15) is 4.57 Å². The molecule has 326 valence electrons. The first-order valence-corrected chi connectivity index (χ1v) is 16.4. The van der Waals surface area contributed by atoms with E-state index in [0.717, 1.165) is 5.56 Å². The molecule has 0 N–H and O–H groups in total. The molecule has 0 saturated heterocycles. The summed E-state index contributed by atoms with van der Waals surface area (Å²) in [5, 5.41) is 0. The summed E-state index contributed by atoms with van der Waals surface area (Å²) in [6.45, 7) is 0.659. The van der Waals surface area contributed by atoms with Crippen LogP contribution in [0.4, 0.5) is 87.8 Å². The number of rotatable bonds is 7. The summed E-state index contributed by atoms with van der Waals surface area (Å²) in [7, 11) is 1.39. The van der Waals surface area contributed by atoms with Crippen molar-refractivity contribution in [2.75, 3.05) is 7.11 Å². The highest BCUT2D eigenvalue weighted by Gasteiger charge is 2.52. The predicted molar refractivity (Wildman–Crippen MR) is 173 cm³/mol. The van der Waals surface area contributed by atoms with E-state index >= 15 is 35.1 Å². The molecule has 0 fully saturated rings.